The van der Waals surface area contributed by atoms with Crippen molar-refractivity contribution in [3.63, 3.8) is 0 Å². The first kappa shape index (κ1) is 35.9. The first-order chi connectivity index (χ1) is 17.5. The van der Waals surface area contributed by atoms with Gasteiger partial charge in [-0.05, 0) is 76.2 Å². The molecule has 38 heavy (non-hydrogen) atoms. The van der Waals surface area contributed by atoms with Crippen molar-refractivity contribution in [3.8, 4) is 0 Å². The molecular weight excluding hydrogens is 472 g/mol. The van der Waals surface area contributed by atoms with Crippen LogP contribution in [0.3, 0.4) is 0 Å². The molecule has 0 aromatic rings. The van der Waals surface area contributed by atoms with Gasteiger partial charge in [-0.3, -0.25) is 0 Å². The average Bonchev–Trinajstić information content (AvgIpc) is 2.89. The minimum absolute atomic E-state index is 0. The Kier molecular flexibility index (Phi) is 18.0. The molecule has 0 saturated heterocycles. The van der Waals surface area contributed by atoms with Crippen LogP contribution in [-0.4, -0.2) is 41.5 Å². The fraction of sp³-hybridized carbons (Fsp3) is 0.839. The Balaban J connectivity index is 0.000000603. The lowest BCUT2D eigenvalue weighted by molar-refractivity contribution is 0.123. The zero-order valence-electron chi connectivity index (χ0n) is 25.1. The van der Waals surface area contributed by atoms with E-state index in [1.165, 1.54) is 83.5 Å². The van der Waals surface area contributed by atoms with Crippen LogP contribution in [0.5, 0.6) is 0 Å². The molecule has 7 nitrogen and oxygen atoms in total. The summed E-state index contributed by atoms with van der Waals surface area (Å²) in [4.78, 5) is 14.1. The maximum atomic E-state index is 12.1. The normalized spacial score (nSPS) is 24.0. The lowest BCUT2D eigenvalue weighted by Gasteiger charge is -2.41. The molecular formula is C31H62N6O. The lowest BCUT2D eigenvalue weighted by Crippen LogP contribution is -2.48. The highest BCUT2D eigenvalue weighted by Crippen LogP contribution is 2.44. The Morgan fingerprint density at radius 2 is 1.42 bits per heavy atom. The molecule has 0 heterocycles. The smallest absolute Gasteiger partial charge is 0.317 e. The van der Waals surface area contributed by atoms with Gasteiger partial charge in [-0.2, -0.15) is 10.2 Å². The standard InChI is InChI=1S/C14H26N2O.C13H24N2.C3H8N2.CH4/c1-16(13-10-6-3-7-11-13)14(17)15-12-8-4-2-5-9-12;1-10-6-5-9-13(3,4)12(10)8-7-11(2)15-14;1-3(2)5-4;/h12-13H,2-11H2,1H3,(H,15,17);7-8,10,12H,5-6,9,14H2,1-4H3;4H2,1-2H3;1H4/b;8-7+,15-11?;;. The molecule has 0 radical (unpaired) electrons. The first-order valence-electron chi connectivity index (χ1n) is 14.7. The van der Waals surface area contributed by atoms with Crippen molar-refractivity contribution >= 4 is 17.5 Å². The van der Waals surface area contributed by atoms with Gasteiger partial charge in [-0.25, -0.2) is 4.79 Å². The number of nitrogens with one attached hydrogen (secondary N) is 1. The largest absolute Gasteiger partial charge is 0.335 e. The second-order valence-electron chi connectivity index (χ2n) is 12.3. The number of amides is 2. The highest BCUT2D eigenvalue weighted by atomic mass is 16.2. The molecule has 0 aliphatic heterocycles. The van der Waals surface area contributed by atoms with Crippen molar-refractivity contribution < 1.29 is 4.79 Å². The third-order valence-corrected chi connectivity index (χ3v) is 8.38. The Bertz CT molecular complexity index is 729. The zero-order valence-corrected chi connectivity index (χ0v) is 25.1. The van der Waals surface area contributed by atoms with Crippen LogP contribution in [0.25, 0.3) is 0 Å². The van der Waals surface area contributed by atoms with Crippen molar-refractivity contribution in [2.45, 2.75) is 145 Å². The summed E-state index contributed by atoms with van der Waals surface area (Å²) in [5.41, 5.74) is 2.23. The van der Waals surface area contributed by atoms with Gasteiger partial charge < -0.3 is 21.9 Å². The van der Waals surface area contributed by atoms with E-state index in [2.05, 4.69) is 48.4 Å². The lowest BCUT2D eigenvalue weighted by atomic mass is 9.64. The summed E-state index contributed by atoms with van der Waals surface area (Å²) in [6.07, 6.45) is 20.9. The third-order valence-electron chi connectivity index (χ3n) is 8.38. The Labute approximate surface area is 235 Å². The summed E-state index contributed by atoms with van der Waals surface area (Å²) in [6, 6.07) is 1.07. The van der Waals surface area contributed by atoms with Crippen LogP contribution in [-0.2, 0) is 0 Å². The van der Waals surface area contributed by atoms with Crippen molar-refractivity contribution in [1.82, 2.24) is 10.2 Å². The molecule has 0 spiro atoms. The number of nitrogens with zero attached hydrogens (tertiary/aromatic N) is 3. The van der Waals surface area contributed by atoms with Crippen molar-refractivity contribution in [1.29, 1.82) is 0 Å². The van der Waals surface area contributed by atoms with Crippen LogP contribution < -0.4 is 17.0 Å². The van der Waals surface area contributed by atoms with Crippen LogP contribution in [0.2, 0.25) is 0 Å². The molecule has 7 heteroatoms. The van der Waals surface area contributed by atoms with E-state index >= 15 is 0 Å². The Hall–Kier alpha value is -2.05. The number of hydrogen-bond donors (Lipinski definition) is 3. The monoisotopic (exact) mass is 534 g/mol. The van der Waals surface area contributed by atoms with Gasteiger partial charge >= 0.3 is 6.03 Å². The summed E-state index contributed by atoms with van der Waals surface area (Å²) in [5, 5.41) is 10.2. The number of carbonyl (C=O) groups excluding carboxylic acids is 1. The van der Waals surface area contributed by atoms with Crippen LogP contribution >= 0.6 is 0 Å². The fourth-order valence-corrected chi connectivity index (χ4v) is 5.89. The number of hydrazone groups is 2. The van der Waals surface area contributed by atoms with Gasteiger partial charge in [0.25, 0.3) is 0 Å². The minimum Gasteiger partial charge on any atom is -0.335 e. The summed E-state index contributed by atoms with van der Waals surface area (Å²) in [6.45, 7) is 12.7. The zero-order chi connectivity index (χ0) is 27.8. The second kappa shape index (κ2) is 19.1. The summed E-state index contributed by atoms with van der Waals surface area (Å²) in [5.74, 6) is 11.4. The second-order valence-corrected chi connectivity index (χ2v) is 12.3. The van der Waals surface area contributed by atoms with Crippen LogP contribution in [0.1, 0.15) is 132 Å². The molecule has 5 N–H and O–H groups in total. The summed E-state index contributed by atoms with van der Waals surface area (Å²) < 4.78 is 0. The number of urea groups is 1. The Morgan fingerprint density at radius 1 is 0.895 bits per heavy atom. The number of rotatable bonds is 4. The maximum Gasteiger partial charge on any atom is 0.317 e. The molecule has 3 aliphatic carbocycles. The molecule has 0 bridgehead atoms. The Morgan fingerprint density at radius 3 is 1.89 bits per heavy atom. The molecule has 0 aromatic carbocycles. The van der Waals surface area contributed by atoms with Crippen molar-refractivity contribution in [3.05, 3.63) is 12.2 Å². The molecule has 3 saturated carbocycles. The van der Waals surface area contributed by atoms with Gasteiger partial charge in [0.05, 0.1) is 5.71 Å². The average molecular weight is 535 g/mol. The van der Waals surface area contributed by atoms with Gasteiger partial charge in [0, 0.05) is 24.8 Å². The number of carbonyl (C=O) groups is 1. The molecule has 3 rings (SSSR count). The van der Waals surface area contributed by atoms with Gasteiger partial charge in [-0.15, -0.1) is 0 Å². The predicted molar refractivity (Wildman–Crippen MR) is 166 cm³/mol. The predicted octanol–water partition coefficient (Wildman–Crippen LogP) is 7.61. The van der Waals surface area contributed by atoms with E-state index in [1.807, 2.05) is 32.7 Å². The summed E-state index contributed by atoms with van der Waals surface area (Å²) in [7, 11) is 1.97. The summed E-state index contributed by atoms with van der Waals surface area (Å²) >= 11 is 0. The highest BCUT2D eigenvalue weighted by molar-refractivity contribution is 5.92. The number of hydrogen-bond acceptors (Lipinski definition) is 5. The third kappa shape index (κ3) is 13.7. The molecule has 0 aromatic heterocycles. The van der Waals surface area contributed by atoms with Crippen LogP contribution in [0.15, 0.2) is 22.4 Å². The van der Waals surface area contributed by atoms with Gasteiger partial charge in [0.2, 0.25) is 0 Å². The number of nitrogens with two attached hydrogens (primary N) is 2. The van der Waals surface area contributed by atoms with E-state index in [1.54, 1.807) is 0 Å². The van der Waals surface area contributed by atoms with E-state index in [4.69, 9.17) is 11.7 Å². The van der Waals surface area contributed by atoms with E-state index in [0.717, 1.165) is 17.3 Å². The quantitative estimate of drug-likeness (QED) is 0.196. The van der Waals surface area contributed by atoms with Crippen LogP contribution in [0.4, 0.5) is 4.79 Å². The SMILES string of the molecule is C.CC(/C=C/C1C(C)CCCC1(C)C)=NN.CC(C)=NN.CN(C(=O)NC1CCCCC1)C1CCCCC1. The topological polar surface area (TPSA) is 109 Å². The number of allylic oxidation sites excluding steroid dienone is 2. The van der Waals surface area contributed by atoms with Crippen molar-refractivity contribution in [2.75, 3.05) is 7.05 Å². The highest BCUT2D eigenvalue weighted by Gasteiger charge is 2.34. The van der Waals surface area contributed by atoms with Crippen LogP contribution in [0, 0.1) is 17.3 Å². The molecule has 3 aliphatic rings. The molecule has 222 valence electrons. The van der Waals surface area contributed by atoms with E-state index in [0.29, 0.717) is 23.4 Å². The molecule has 2 amide bonds. The van der Waals surface area contributed by atoms with E-state index in [-0.39, 0.29) is 13.5 Å². The molecule has 3 fully saturated rings. The van der Waals surface area contributed by atoms with E-state index < -0.39 is 0 Å². The van der Waals surface area contributed by atoms with Gasteiger partial charge in [0.1, 0.15) is 0 Å². The molecule has 2 atom stereocenters. The maximum absolute atomic E-state index is 12.1. The fourth-order valence-electron chi connectivity index (χ4n) is 5.89. The van der Waals surface area contributed by atoms with Crippen molar-refractivity contribution in [2.24, 2.45) is 39.1 Å². The molecule has 2 unspecified atom stereocenters. The van der Waals surface area contributed by atoms with Gasteiger partial charge in [-0.1, -0.05) is 85.6 Å². The van der Waals surface area contributed by atoms with Gasteiger partial charge in [0.15, 0.2) is 0 Å². The van der Waals surface area contributed by atoms with E-state index in [9.17, 15) is 4.79 Å². The first-order valence-corrected chi connectivity index (χ1v) is 14.7. The minimum atomic E-state index is 0.